The average molecular weight is 676 g/mol. The summed E-state index contributed by atoms with van der Waals surface area (Å²) in [6.07, 6.45) is 6.79. The van der Waals surface area contributed by atoms with Gasteiger partial charge >= 0.3 is 7.82 Å². The number of allylic oxidation sites excluding steroid dienone is 4. The average Bonchev–Trinajstić information content (AvgIpc) is 3.72. The lowest BCUT2D eigenvalue weighted by molar-refractivity contribution is -0.200. The van der Waals surface area contributed by atoms with Crippen molar-refractivity contribution in [2.75, 3.05) is 18.5 Å². The molecule has 254 valence electrons. The minimum absolute atomic E-state index is 0.0103. The van der Waals surface area contributed by atoms with Crippen molar-refractivity contribution in [3.05, 3.63) is 88.5 Å². The number of aliphatic hydroxyl groups is 1. The fourth-order valence-corrected chi connectivity index (χ4v) is 10.7. The van der Waals surface area contributed by atoms with Crippen molar-refractivity contribution in [3.8, 4) is 0 Å². The molecule has 4 aliphatic carbocycles. The summed E-state index contributed by atoms with van der Waals surface area (Å²) < 4.78 is 29.8. The van der Waals surface area contributed by atoms with Crippen LogP contribution in [-0.4, -0.2) is 57.4 Å². The molecule has 0 spiro atoms. The Morgan fingerprint density at radius 3 is 2.65 bits per heavy atom. The third kappa shape index (κ3) is 4.95. The normalized spacial score (nSPS) is 37.9. The maximum atomic E-state index is 14.2. The number of rotatable bonds is 7. The molecular formula is C37H42NO9P. The monoisotopic (exact) mass is 675 g/mol. The van der Waals surface area contributed by atoms with Crippen LogP contribution in [-0.2, 0) is 41.0 Å². The first-order valence-electron chi connectivity index (χ1n) is 16.9. The zero-order valence-corrected chi connectivity index (χ0v) is 28.0. The van der Waals surface area contributed by atoms with Crippen LogP contribution in [0.4, 0.5) is 5.69 Å². The number of hydrogen-bond acceptors (Lipinski definition) is 8. The standard InChI is InChI=1S/C37H42NO9P/c1-35-13-11-26(39)17-25(35)9-10-27-28-18-32-37(31(41)20-45-48(42,43)44,36(28,2)19-30(40)33(27)35)47-34(46-32)24-7-3-21(4-8-24)15-22-5-6-23-12-14-38-29(23)16-22/h3-8,11,13,16-17,27-28,30,32-34,38,40H,9-10,12,14-15,18-20H2,1-2H3,(H2,42,43,44)/t27-,28-,30-,32+,33+,34+,35-,36-,37+/m0/s1. The van der Waals surface area contributed by atoms with E-state index in [1.807, 2.05) is 37.3 Å². The molecule has 2 aliphatic heterocycles. The first-order valence-corrected chi connectivity index (χ1v) is 18.5. The third-order valence-electron chi connectivity index (χ3n) is 12.6. The number of hydrogen-bond donors (Lipinski definition) is 4. The van der Waals surface area contributed by atoms with E-state index in [0.717, 1.165) is 42.5 Å². The molecule has 2 heterocycles. The lowest BCUT2D eigenvalue weighted by Gasteiger charge is -2.59. The maximum Gasteiger partial charge on any atom is 0.470 e. The van der Waals surface area contributed by atoms with Gasteiger partial charge in [-0.1, -0.05) is 61.9 Å². The van der Waals surface area contributed by atoms with Gasteiger partial charge in [0.05, 0.1) is 12.2 Å². The van der Waals surface area contributed by atoms with Gasteiger partial charge in [-0.3, -0.25) is 14.1 Å². The number of benzene rings is 2. The van der Waals surface area contributed by atoms with Crippen LogP contribution in [0.2, 0.25) is 0 Å². The summed E-state index contributed by atoms with van der Waals surface area (Å²) in [6.45, 7) is 4.17. The van der Waals surface area contributed by atoms with E-state index >= 15 is 0 Å². The van der Waals surface area contributed by atoms with E-state index in [9.17, 15) is 29.0 Å². The van der Waals surface area contributed by atoms with Crippen LogP contribution in [0.15, 0.2) is 66.3 Å². The number of Topliss-reactive ketones (excluding diaryl/α,β-unsaturated/α-hetero) is 1. The Morgan fingerprint density at radius 1 is 1.10 bits per heavy atom. The lowest BCUT2D eigenvalue weighted by atomic mass is 9.46. The summed E-state index contributed by atoms with van der Waals surface area (Å²) in [6, 6.07) is 14.5. The van der Waals surface area contributed by atoms with Gasteiger partial charge in [0, 0.05) is 34.5 Å². The van der Waals surface area contributed by atoms with E-state index in [-0.39, 0.29) is 30.0 Å². The zero-order chi connectivity index (χ0) is 33.6. The largest absolute Gasteiger partial charge is 0.470 e. The van der Waals surface area contributed by atoms with Crippen molar-refractivity contribution in [2.24, 2.45) is 28.6 Å². The predicted octanol–water partition coefficient (Wildman–Crippen LogP) is 4.97. The van der Waals surface area contributed by atoms with Crippen LogP contribution in [0.25, 0.3) is 0 Å². The van der Waals surface area contributed by atoms with Crippen molar-refractivity contribution >= 4 is 25.1 Å². The summed E-state index contributed by atoms with van der Waals surface area (Å²) in [5, 5.41) is 15.4. The van der Waals surface area contributed by atoms with Crippen molar-refractivity contribution in [2.45, 2.75) is 76.5 Å². The highest BCUT2D eigenvalue weighted by Crippen LogP contribution is 2.70. The van der Waals surface area contributed by atoms with Crippen LogP contribution in [0.3, 0.4) is 0 Å². The number of aliphatic hydroxyl groups excluding tert-OH is 1. The second kappa shape index (κ2) is 11.3. The van der Waals surface area contributed by atoms with Crippen molar-refractivity contribution < 1.29 is 43.0 Å². The van der Waals surface area contributed by atoms with Gasteiger partial charge in [-0.25, -0.2) is 4.57 Å². The molecule has 10 nitrogen and oxygen atoms in total. The van der Waals surface area contributed by atoms with E-state index in [2.05, 4.69) is 30.4 Å². The van der Waals surface area contributed by atoms with Crippen LogP contribution in [0.1, 0.15) is 68.1 Å². The molecule has 9 atom stereocenters. The van der Waals surface area contributed by atoms with Gasteiger partial charge < -0.3 is 29.7 Å². The van der Waals surface area contributed by atoms with Crippen molar-refractivity contribution in [3.63, 3.8) is 0 Å². The zero-order valence-electron chi connectivity index (χ0n) is 27.1. The quantitative estimate of drug-likeness (QED) is 0.296. The molecule has 11 heteroatoms. The Labute approximate surface area is 279 Å². The minimum atomic E-state index is -4.95. The maximum absolute atomic E-state index is 14.2. The second-order valence-electron chi connectivity index (χ2n) is 15.0. The number of ketones is 2. The second-order valence-corrected chi connectivity index (χ2v) is 16.3. The number of ether oxygens (including phenoxy) is 2. The molecule has 6 aliphatic rings. The Bertz CT molecular complexity index is 1780. The molecule has 0 radical (unpaired) electrons. The topological polar surface area (TPSA) is 152 Å². The first kappa shape index (κ1) is 32.3. The van der Waals surface area contributed by atoms with E-state index in [1.165, 1.54) is 16.8 Å². The summed E-state index contributed by atoms with van der Waals surface area (Å²) in [5.41, 5.74) is 3.63. The smallest absolute Gasteiger partial charge is 0.393 e. The van der Waals surface area contributed by atoms with Crippen molar-refractivity contribution in [1.82, 2.24) is 0 Å². The number of anilines is 1. The SMILES string of the molecule is C[C@]12C=CC(=O)C=C1CC[C@@H]1[C@@H]2[C@@H](O)C[C@@]2(C)[C@H]1C[C@H]1O[C@@H](c3ccc(Cc4ccc5c(c4)NCC5)cc3)O[C@]12C(=O)COP(=O)(O)O. The summed E-state index contributed by atoms with van der Waals surface area (Å²) in [5.74, 6) is -0.869. The van der Waals surface area contributed by atoms with Crippen LogP contribution < -0.4 is 5.32 Å². The number of carbonyl (C=O) groups is 2. The predicted molar refractivity (Wildman–Crippen MR) is 176 cm³/mol. The number of phosphoric acid groups is 1. The van der Waals surface area contributed by atoms with E-state index in [4.69, 9.17) is 14.0 Å². The Morgan fingerprint density at radius 2 is 1.88 bits per heavy atom. The van der Waals surface area contributed by atoms with Gasteiger partial charge in [0.1, 0.15) is 6.61 Å². The third-order valence-corrected chi connectivity index (χ3v) is 13.0. The van der Waals surface area contributed by atoms with Crippen LogP contribution in [0, 0.1) is 28.6 Å². The molecule has 48 heavy (non-hydrogen) atoms. The van der Waals surface area contributed by atoms with Gasteiger partial charge in [-0.2, -0.15) is 0 Å². The Kier molecular flexibility index (Phi) is 7.59. The highest BCUT2D eigenvalue weighted by molar-refractivity contribution is 7.46. The highest BCUT2D eigenvalue weighted by atomic mass is 31.2. The molecule has 2 aromatic rings. The molecule has 2 aromatic carbocycles. The molecule has 8 rings (SSSR count). The van der Waals surface area contributed by atoms with Gasteiger partial charge in [-0.15, -0.1) is 0 Å². The van der Waals surface area contributed by atoms with E-state index in [1.54, 1.807) is 12.2 Å². The summed E-state index contributed by atoms with van der Waals surface area (Å²) in [4.78, 5) is 45.5. The van der Waals surface area contributed by atoms with Gasteiger partial charge in [0.25, 0.3) is 0 Å². The molecule has 0 unspecified atom stereocenters. The molecule has 4 fully saturated rings. The number of phosphoric ester groups is 1. The molecule has 0 bridgehead atoms. The summed E-state index contributed by atoms with van der Waals surface area (Å²) >= 11 is 0. The van der Waals surface area contributed by atoms with Gasteiger partial charge in [0.15, 0.2) is 23.5 Å². The summed E-state index contributed by atoms with van der Waals surface area (Å²) in [7, 11) is -4.95. The number of carbonyl (C=O) groups excluding carboxylic acids is 2. The Balaban J connectivity index is 1.09. The molecule has 1 saturated heterocycles. The van der Waals surface area contributed by atoms with Crippen LogP contribution >= 0.6 is 7.82 Å². The number of fused-ring (bicyclic) bond motifs is 8. The molecular weight excluding hydrogens is 633 g/mol. The van der Waals surface area contributed by atoms with Gasteiger partial charge in [0.2, 0.25) is 0 Å². The number of nitrogens with one attached hydrogen (secondary N) is 1. The highest BCUT2D eigenvalue weighted by Gasteiger charge is 2.76. The minimum Gasteiger partial charge on any atom is -0.393 e. The lowest BCUT2D eigenvalue weighted by Crippen LogP contribution is -2.63. The van der Waals surface area contributed by atoms with E-state index < -0.39 is 55.1 Å². The molecule has 4 N–H and O–H groups in total. The van der Waals surface area contributed by atoms with E-state index in [0.29, 0.717) is 12.8 Å². The van der Waals surface area contributed by atoms with Gasteiger partial charge in [-0.05, 0) is 85.3 Å². The molecule has 0 amide bonds. The fourth-order valence-electron chi connectivity index (χ4n) is 10.4. The molecule has 0 aromatic heterocycles. The van der Waals surface area contributed by atoms with Crippen LogP contribution in [0.5, 0.6) is 0 Å². The van der Waals surface area contributed by atoms with Crippen molar-refractivity contribution in [1.29, 1.82) is 0 Å². The fraction of sp³-hybridized carbons (Fsp3) is 0.514. The molecule has 3 saturated carbocycles. The Hall–Kier alpha value is -2.95. The first-order chi connectivity index (χ1) is 22.8.